The number of rotatable bonds is 12. The van der Waals surface area contributed by atoms with Crippen LogP contribution in [0, 0.1) is 6.92 Å². The summed E-state index contributed by atoms with van der Waals surface area (Å²) >= 11 is 0. The quantitative estimate of drug-likeness (QED) is 0.367. The van der Waals surface area contributed by atoms with Gasteiger partial charge in [0, 0.05) is 35.7 Å². The van der Waals surface area contributed by atoms with Crippen LogP contribution in [0.4, 0.5) is 0 Å². The molecular weight excluding hydrogens is 418 g/mol. The van der Waals surface area contributed by atoms with Crippen molar-refractivity contribution in [3.05, 3.63) is 77.4 Å². The number of carbonyl (C=O) groups excluding carboxylic acids is 1. The van der Waals surface area contributed by atoms with Gasteiger partial charge in [-0.25, -0.2) is 9.59 Å². The molecule has 0 radical (unpaired) electrons. The molecule has 33 heavy (non-hydrogen) atoms. The zero-order chi connectivity index (χ0) is 24.4. The maximum atomic E-state index is 11.8. The number of carboxylic acid groups (broad SMARTS) is 1. The molecule has 0 bridgehead atoms. The number of methoxy groups -OCH3 is 1. The number of carbonyl (C=O) groups is 2. The largest absolute Gasteiger partial charge is 0.496 e. The van der Waals surface area contributed by atoms with Gasteiger partial charge in [0.2, 0.25) is 0 Å². The summed E-state index contributed by atoms with van der Waals surface area (Å²) in [6.07, 6.45) is 2.58. The van der Waals surface area contributed by atoms with Crippen molar-refractivity contribution in [3.63, 3.8) is 0 Å². The van der Waals surface area contributed by atoms with Crippen LogP contribution < -0.4 is 4.74 Å². The highest BCUT2D eigenvalue weighted by Crippen LogP contribution is 2.35. The van der Waals surface area contributed by atoms with Gasteiger partial charge in [-0.1, -0.05) is 48.0 Å². The predicted molar refractivity (Wildman–Crippen MR) is 130 cm³/mol. The smallest absolute Gasteiger partial charge is 0.331 e. The zero-order valence-electron chi connectivity index (χ0n) is 20.2. The Hall–Kier alpha value is -3.12. The summed E-state index contributed by atoms with van der Waals surface area (Å²) in [5.41, 5.74) is 3.57. The molecule has 2 unspecified atom stereocenters. The van der Waals surface area contributed by atoms with Gasteiger partial charge in [0.25, 0.3) is 0 Å². The maximum absolute atomic E-state index is 11.8. The molecule has 0 amide bonds. The van der Waals surface area contributed by atoms with E-state index in [1.165, 1.54) is 11.1 Å². The van der Waals surface area contributed by atoms with E-state index in [4.69, 9.17) is 14.6 Å². The van der Waals surface area contributed by atoms with E-state index in [9.17, 15) is 9.59 Å². The monoisotopic (exact) mass is 453 g/mol. The van der Waals surface area contributed by atoms with Gasteiger partial charge in [0.05, 0.1) is 7.11 Å². The van der Waals surface area contributed by atoms with Gasteiger partial charge in [-0.15, -0.1) is 0 Å². The van der Waals surface area contributed by atoms with Gasteiger partial charge in [0.1, 0.15) is 12.4 Å². The normalized spacial score (nSPS) is 13.3. The van der Waals surface area contributed by atoms with E-state index < -0.39 is 11.9 Å². The molecule has 0 fully saturated rings. The Morgan fingerprint density at radius 3 is 2.36 bits per heavy atom. The molecule has 2 aromatic rings. The van der Waals surface area contributed by atoms with Gasteiger partial charge in [-0.3, -0.25) is 4.90 Å². The zero-order valence-corrected chi connectivity index (χ0v) is 20.2. The molecule has 2 atom stereocenters. The lowest BCUT2D eigenvalue weighted by atomic mass is 9.86. The van der Waals surface area contributed by atoms with Crippen molar-refractivity contribution in [2.24, 2.45) is 0 Å². The molecule has 178 valence electrons. The van der Waals surface area contributed by atoms with Gasteiger partial charge >= 0.3 is 11.9 Å². The number of nitrogens with zero attached hydrogens (tertiary/aromatic N) is 1. The van der Waals surface area contributed by atoms with E-state index in [1.54, 1.807) is 7.11 Å². The summed E-state index contributed by atoms with van der Waals surface area (Å²) in [6, 6.07) is 16.9. The molecule has 1 N–H and O–H groups in total. The second-order valence-electron chi connectivity index (χ2n) is 8.48. The molecule has 0 saturated heterocycles. The first-order valence-corrected chi connectivity index (χ1v) is 11.3. The van der Waals surface area contributed by atoms with Gasteiger partial charge in [-0.05, 0) is 52.3 Å². The molecule has 0 aromatic heterocycles. The fraction of sp³-hybridized carbons (Fsp3) is 0.407. The molecule has 2 rings (SSSR count). The molecule has 0 spiro atoms. The highest BCUT2D eigenvalue weighted by atomic mass is 16.5. The van der Waals surface area contributed by atoms with Gasteiger partial charge in [0.15, 0.2) is 0 Å². The minimum Gasteiger partial charge on any atom is -0.496 e. The number of ether oxygens (including phenoxy) is 2. The molecule has 0 heterocycles. The van der Waals surface area contributed by atoms with Crippen molar-refractivity contribution in [1.82, 2.24) is 4.90 Å². The van der Waals surface area contributed by atoms with Crippen LogP contribution in [0.1, 0.15) is 49.8 Å². The lowest BCUT2D eigenvalue weighted by Gasteiger charge is -2.34. The highest BCUT2D eigenvalue weighted by molar-refractivity contribution is 5.90. The predicted octanol–water partition coefficient (Wildman–Crippen LogP) is 4.81. The van der Waals surface area contributed by atoms with Crippen LogP contribution in [0.3, 0.4) is 0 Å². The average molecular weight is 454 g/mol. The van der Waals surface area contributed by atoms with Crippen molar-refractivity contribution in [2.45, 2.75) is 52.1 Å². The van der Waals surface area contributed by atoms with Crippen LogP contribution in [0.2, 0.25) is 0 Å². The summed E-state index contributed by atoms with van der Waals surface area (Å²) in [6.45, 7) is 9.31. The number of carboxylic acids is 1. The van der Waals surface area contributed by atoms with Gasteiger partial charge in [-0.2, -0.15) is 0 Å². The van der Waals surface area contributed by atoms with Crippen LogP contribution in [0.5, 0.6) is 5.75 Å². The van der Waals surface area contributed by atoms with Gasteiger partial charge < -0.3 is 14.6 Å². The van der Waals surface area contributed by atoms with Crippen LogP contribution in [-0.4, -0.2) is 54.3 Å². The summed E-state index contributed by atoms with van der Waals surface area (Å²) in [5.74, 6) is -0.810. The molecule has 0 saturated carbocycles. The Morgan fingerprint density at radius 2 is 1.76 bits per heavy atom. The van der Waals surface area contributed by atoms with E-state index in [2.05, 4.69) is 62.1 Å². The van der Waals surface area contributed by atoms with Crippen LogP contribution >= 0.6 is 0 Å². The summed E-state index contributed by atoms with van der Waals surface area (Å²) < 4.78 is 11.0. The molecular formula is C27H35NO5. The third kappa shape index (κ3) is 8.06. The first kappa shape index (κ1) is 26.1. The Bertz CT molecular complexity index is 939. The number of aryl methyl sites for hydroxylation is 1. The Morgan fingerprint density at radius 1 is 1.06 bits per heavy atom. The standard InChI is InChI=1S/C27H35NO5/c1-19(2)28(21(4)18-33-27(31)14-13-26(29)30)16-15-23(22-9-7-6-8-10-22)24-17-20(3)11-12-25(24)32-5/h6-14,17,19,21,23H,15-16,18H2,1-5H3,(H,29,30)/b14-13+. The molecule has 0 aliphatic rings. The number of aliphatic carboxylic acids is 1. The third-order valence-corrected chi connectivity index (χ3v) is 5.70. The van der Waals surface area contributed by atoms with E-state index in [-0.39, 0.29) is 24.6 Å². The number of benzene rings is 2. The van der Waals surface area contributed by atoms with Crippen LogP contribution in [0.25, 0.3) is 0 Å². The lowest BCUT2D eigenvalue weighted by molar-refractivity contribution is -0.140. The van der Waals surface area contributed by atoms with E-state index >= 15 is 0 Å². The van der Waals surface area contributed by atoms with Crippen LogP contribution in [0.15, 0.2) is 60.7 Å². The average Bonchev–Trinajstić information content (AvgIpc) is 2.79. The first-order valence-electron chi connectivity index (χ1n) is 11.3. The Kier molecular flexibility index (Phi) is 10.1. The fourth-order valence-electron chi connectivity index (χ4n) is 4.06. The lowest BCUT2D eigenvalue weighted by Crippen LogP contribution is -2.42. The molecule has 0 aliphatic heterocycles. The summed E-state index contributed by atoms with van der Waals surface area (Å²) in [5, 5.41) is 8.65. The summed E-state index contributed by atoms with van der Waals surface area (Å²) in [4.78, 5) is 24.7. The van der Waals surface area contributed by atoms with E-state index in [1.807, 2.05) is 19.1 Å². The minimum absolute atomic E-state index is 0.0250. The van der Waals surface area contributed by atoms with Crippen molar-refractivity contribution in [1.29, 1.82) is 0 Å². The van der Waals surface area contributed by atoms with Crippen molar-refractivity contribution in [2.75, 3.05) is 20.3 Å². The second-order valence-corrected chi connectivity index (χ2v) is 8.48. The van der Waals surface area contributed by atoms with Crippen molar-refractivity contribution < 1.29 is 24.2 Å². The highest BCUT2D eigenvalue weighted by Gasteiger charge is 2.23. The number of hydrogen-bond acceptors (Lipinski definition) is 5. The molecule has 6 heteroatoms. The maximum Gasteiger partial charge on any atom is 0.331 e. The fourth-order valence-corrected chi connectivity index (χ4v) is 4.06. The molecule has 0 aliphatic carbocycles. The van der Waals surface area contributed by atoms with E-state index in [0.717, 1.165) is 36.4 Å². The topological polar surface area (TPSA) is 76.1 Å². The SMILES string of the molecule is COc1ccc(C)cc1C(CCN(C(C)C)C(C)COC(=O)/C=C/C(=O)O)c1ccccc1. The number of hydrogen-bond donors (Lipinski definition) is 1. The number of esters is 1. The molecule has 2 aromatic carbocycles. The Labute approximate surface area is 196 Å². The van der Waals surface area contributed by atoms with Crippen molar-refractivity contribution >= 4 is 11.9 Å². The van der Waals surface area contributed by atoms with E-state index in [0.29, 0.717) is 0 Å². The first-order chi connectivity index (χ1) is 15.7. The third-order valence-electron chi connectivity index (χ3n) is 5.70. The Balaban J connectivity index is 2.19. The van der Waals surface area contributed by atoms with Crippen LogP contribution in [-0.2, 0) is 14.3 Å². The minimum atomic E-state index is -1.18. The molecule has 6 nitrogen and oxygen atoms in total. The van der Waals surface area contributed by atoms with Crippen molar-refractivity contribution in [3.8, 4) is 5.75 Å². The second kappa shape index (κ2) is 12.8. The summed E-state index contributed by atoms with van der Waals surface area (Å²) in [7, 11) is 1.70.